The van der Waals surface area contributed by atoms with Gasteiger partial charge in [0, 0.05) is 70.7 Å². The van der Waals surface area contributed by atoms with Crippen molar-refractivity contribution in [2.75, 3.05) is 18.0 Å². The number of nitrogens with zero attached hydrogens (tertiary/aromatic N) is 2. The number of aliphatic carboxylic acids is 2. The van der Waals surface area contributed by atoms with Crippen molar-refractivity contribution in [3.63, 3.8) is 0 Å². The molecule has 2 aliphatic rings. The zero-order valence-corrected chi connectivity index (χ0v) is 40.1. The molecular formula is C39H37N2Na3O10S2. The van der Waals surface area contributed by atoms with Crippen LogP contribution in [0.2, 0.25) is 0 Å². The minimum atomic E-state index is -4.72. The Balaban J connectivity index is 0.00000361. The standard InChI is InChI=1S/C39H40N2O10S2.3Na/c1-38(2)30-24-28(52-51-50-46)16-18-32(30)40(22-20-36(42)43)34(38)14-8-12-27(26-10-6-5-7-11-26)13-9-15-35-39(3,4)31-25-29(53(47,48)49)17-19-33(31)41(35)23-21-37(44)45;;;/h5-19,24-25H,20-23H2,1-4H3,(H3-,42,43,44,45,46,47,48,49);;;/q;3*+1/p-3. The predicted molar refractivity (Wildman–Crippen MR) is 192 cm³/mol. The molecule has 0 N–H and O–H groups in total. The molecule has 17 heteroatoms. The fourth-order valence-electron chi connectivity index (χ4n) is 6.82. The fraction of sp³-hybridized carbons (Fsp3) is 0.256. The first-order chi connectivity index (χ1) is 25.0. The normalized spacial score (nSPS) is 16.4. The second-order valence-corrected chi connectivity index (χ2v) is 15.6. The number of anilines is 1. The van der Waals surface area contributed by atoms with Crippen molar-refractivity contribution in [3.05, 3.63) is 126 Å². The quantitative estimate of drug-likeness (QED) is 0.0270. The van der Waals surface area contributed by atoms with Gasteiger partial charge in [0.15, 0.2) is 12.3 Å². The van der Waals surface area contributed by atoms with Crippen LogP contribution >= 0.6 is 12.0 Å². The number of carboxylic acid groups (broad SMARTS) is 2. The van der Waals surface area contributed by atoms with Crippen molar-refractivity contribution < 1.29 is 141 Å². The molecule has 3 aromatic carbocycles. The first kappa shape index (κ1) is 50.3. The molecule has 0 saturated carbocycles. The van der Waals surface area contributed by atoms with E-state index in [2.05, 4.69) is 9.37 Å². The number of fused-ring (bicyclic) bond motifs is 2. The summed E-state index contributed by atoms with van der Waals surface area (Å²) in [6.45, 7) is 8.01. The van der Waals surface area contributed by atoms with Gasteiger partial charge in [-0.15, -0.1) is 0 Å². The molecule has 0 spiro atoms. The first-order valence-corrected chi connectivity index (χ1v) is 18.7. The average molecular weight is 827 g/mol. The van der Waals surface area contributed by atoms with E-state index in [-0.39, 0.29) is 119 Å². The molecule has 0 bridgehead atoms. The van der Waals surface area contributed by atoms with Crippen LogP contribution in [0.15, 0.2) is 119 Å². The minimum absolute atomic E-state index is 0. The Labute approximate surface area is 397 Å². The van der Waals surface area contributed by atoms with E-state index >= 15 is 0 Å². The summed E-state index contributed by atoms with van der Waals surface area (Å²) in [5.74, 6) is -2.42. The molecule has 0 aliphatic carbocycles. The Hall–Kier alpha value is -1.83. The summed E-state index contributed by atoms with van der Waals surface area (Å²) < 4.78 is 42.0. The Kier molecular flexibility index (Phi) is 19.3. The number of carbonyl (C=O) groups excluding carboxylic acids is 2. The van der Waals surface area contributed by atoms with Gasteiger partial charge in [-0.3, -0.25) is 5.04 Å². The Bertz CT molecular complexity index is 2190. The fourth-order valence-corrected chi connectivity index (χ4v) is 7.71. The van der Waals surface area contributed by atoms with Gasteiger partial charge >= 0.3 is 88.7 Å². The van der Waals surface area contributed by atoms with Gasteiger partial charge in [-0.2, -0.15) is 8.91 Å². The molecule has 5 rings (SSSR count). The molecule has 2 aliphatic heterocycles. The number of carbonyl (C=O) groups is 2. The van der Waals surface area contributed by atoms with Crippen molar-refractivity contribution in [2.45, 2.75) is 61.2 Å². The van der Waals surface area contributed by atoms with Crippen molar-refractivity contribution >= 4 is 56.8 Å². The molecule has 0 unspecified atom stereocenters. The summed E-state index contributed by atoms with van der Waals surface area (Å²) in [6, 6.07) is 19.2. The smallest absolute Gasteiger partial charge is 0.744 e. The molecule has 0 amide bonds. The van der Waals surface area contributed by atoms with E-state index in [1.54, 1.807) is 11.0 Å². The van der Waals surface area contributed by atoms with Gasteiger partial charge in [-0.25, -0.2) is 8.42 Å². The van der Waals surface area contributed by atoms with Gasteiger partial charge in [-0.1, -0.05) is 68.5 Å². The second kappa shape index (κ2) is 21.4. The van der Waals surface area contributed by atoms with Gasteiger partial charge < -0.3 is 34.5 Å². The van der Waals surface area contributed by atoms with Crippen LogP contribution in [0.25, 0.3) is 5.57 Å². The first-order valence-electron chi connectivity index (χ1n) is 16.6. The molecule has 0 radical (unpaired) electrons. The zero-order valence-electron chi connectivity index (χ0n) is 32.4. The molecule has 0 aromatic heterocycles. The van der Waals surface area contributed by atoms with Crippen molar-refractivity contribution in [2.24, 2.45) is 0 Å². The summed E-state index contributed by atoms with van der Waals surface area (Å²) in [5.41, 5.74) is 4.77. The SMILES string of the molecule is CC1(C)C(/C=C/C=C(/C=C/C=C2/N(CCC(=O)[O-])c3ccc(S(=O)(=O)[O-])cc3C2(C)C)c2ccccc2)=[N+](CCC(=O)[O-])c2ccc(SOO[O-])cc21.[Na+].[Na+].[Na+]. The van der Waals surface area contributed by atoms with E-state index in [0.29, 0.717) is 21.8 Å². The number of allylic oxidation sites excluding steroid dienone is 8. The van der Waals surface area contributed by atoms with Crippen LogP contribution < -0.4 is 109 Å². The molecule has 3 aromatic rings. The molecular weight excluding hydrogens is 790 g/mol. The van der Waals surface area contributed by atoms with Gasteiger partial charge in [0.2, 0.25) is 5.69 Å². The monoisotopic (exact) mass is 826 g/mol. The van der Waals surface area contributed by atoms with Crippen molar-refractivity contribution in [3.8, 4) is 0 Å². The summed E-state index contributed by atoms with van der Waals surface area (Å²) >= 11 is 0.771. The summed E-state index contributed by atoms with van der Waals surface area (Å²) in [6.07, 6.45) is 10.8. The molecule has 12 nitrogen and oxygen atoms in total. The molecule has 56 heavy (non-hydrogen) atoms. The van der Waals surface area contributed by atoms with E-state index in [1.165, 1.54) is 18.2 Å². The van der Waals surface area contributed by atoms with Gasteiger partial charge in [0.05, 0.1) is 22.4 Å². The van der Waals surface area contributed by atoms with E-state index < -0.39 is 32.9 Å². The van der Waals surface area contributed by atoms with Crippen LogP contribution in [0, 0.1) is 0 Å². The van der Waals surface area contributed by atoms with E-state index in [4.69, 9.17) is 0 Å². The second-order valence-electron chi connectivity index (χ2n) is 13.5. The molecule has 2 heterocycles. The van der Waals surface area contributed by atoms with E-state index in [1.807, 2.05) is 111 Å². The maximum absolute atomic E-state index is 11.9. The van der Waals surface area contributed by atoms with Crippen LogP contribution in [0.1, 0.15) is 57.2 Å². The maximum Gasteiger partial charge on any atom is 1.00 e. The number of benzene rings is 3. The minimum Gasteiger partial charge on any atom is -0.744 e. The molecule has 0 atom stereocenters. The summed E-state index contributed by atoms with van der Waals surface area (Å²) in [5, 5.41) is 36.9. The number of hydrogen-bond donors (Lipinski definition) is 0. The maximum atomic E-state index is 11.9. The summed E-state index contributed by atoms with van der Waals surface area (Å²) in [7, 11) is -4.72. The third-order valence-electron chi connectivity index (χ3n) is 9.42. The van der Waals surface area contributed by atoms with Gasteiger partial charge in [0.25, 0.3) is 0 Å². The Morgan fingerprint density at radius 2 is 1.55 bits per heavy atom. The van der Waals surface area contributed by atoms with Crippen LogP contribution in [0.3, 0.4) is 0 Å². The predicted octanol–water partition coefficient (Wildman–Crippen LogP) is -5.63. The van der Waals surface area contributed by atoms with Crippen LogP contribution in [-0.4, -0.2) is 48.3 Å². The van der Waals surface area contributed by atoms with Gasteiger partial charge in [-0.05, 0) is 67.0 Å². The Morgan fingerprint density at radius 3 is 2.18 bits per heavy atom. The topological polar surface area (TPSA) is 185 Å². The van der Waals surface area contributed by atoms with Gasteiger partial charge in [0.1, 0.15) is 10.1 Å². The van der Waals surface area contributed by atoms with Crippen molar-refractivity contribution in [1.29, 1.82) is 0 Å². The average Bonchev–Trinajstić information content (AvgIpc) is 3.45. The van der Waals surface area contributed by atoms with E-state index in [0.717, 1.165) is 40.1 Å². The van der Waals surface area contributed by atoms with E-state index in [9.17, 15) is 38.0 Å². The summed E-state index contributed by atoms with van der Waals surface area (Å²) in [4.78, 5) is 25.0. The molecule has 0 fully saturated rings. The van der Waals surface area contributed by atoms with Crippen LogP contribution in [0.4, 0.5) is 11.4 Å². The number of rotatable bonds is 15. The zero-order chi connectivity index (χ0) is 38.6. The Morgan fingerprint density at radius 1 is 0.875 bits per heavy atom. The third-order valence-corrected chi connectivity index (χ3v) is 10.8. The molecule has 278 valence electrons. The van der Waals surface area contributed by atoms with Crippen molar-refractivity contribution in [1.82, 2.24) is 0 Å². The number of carboxylic acids is 2. The third kappa shape index (κ3) is 11.7. The van der Waals surface area contributed by atoms with Crippen LogP contribution in [-0.2, 0) is 39.9 Å². The van der Waals surface area contributed by atoms with Crippen LogP contribution in [0.5, 0.6) is 0 Å². The largest absolute Gasteiger partial charge is 1.00 e. The number of hydrogen-bond acceptors (Lipinski definition) is 12. The molecule has 0 saturated heterocycles.